The van der Waals surface area contributed by atoms with Gasteiger partial charge in [-0.1, -0.05) is 73.9 Å². The summed E-state index contributed by atoms with van der Waals surface area (Å²) in [4.78, 5) is 14.5. The third kappa shape index (κ3) is 6.02. The van der Waals surface area contributed by atoms with E-state index in [2.05, 4.69) is 81.1 Å². The van der Waals surface area contributed by atoms with E-state index in [1.165, 1.54) is 48.8 Å². The fourth-order valence-corrected chi connectivity index (χ4v) is 6.43. The Balaban J connectivity index is 1.21. The van der Waals surface area contributed by atoms with Crippen LogP contribution in [0, 0.1) is 0 Å². The minimum Gasteiger partial charge on any atom is -0.378 e. The molecule has 1 aliphatic carbocycles. The van der Waals surface area contributed by atoms with Gasteiger partial charge in [0.25, 0.3) is 0 Å². The van der Waals surface area contributed by atoms with Crippen molar-refractivity contribution in [2.24, 2.45) is 0 Å². The molecule has 2 N–H and O–H groups in total. The summed E-state index contributed by atoms with van der Waals surface area (Å²) in [5, 5.41) is 7.46. The maximum absolute atomic E-state index is 5.81. The van der Waals surface area contributed by atoms with Gasteiger partial charge in [-0.2, -0.15) is 9.97 Å². The van der Waals surface area contributed by atoms with E-state index in [1.807, 2.05) is 0 Å². The standard InChI is InChI=1S/C31H38N6OS/c39-30(32-23-31(14-7-2-8-15-31)26-11-3-1-4-12-26)35-29-33-27(36-17-19-38-20-18-36)21-28(34-29)37-16-13-24-9-5-6-10-25(24)22-37/h1,3-6,9-12,21H,2,7-8,13-20,22-23H2,(H2,32,33,34,35,39). The fourth-order valence-electron chi connectivity index (χ4n) is 6.27. The number of nitrogens with one attached hydrogen (secondary N) is 2. The van der Waals surface area contributed by atoms with Gasteiger partial charge in [0.15, 0.2) is 5.11 Å². The highest BCUT2D eigenvalue weighted by atomic mass is 32.1. The molecular formula is C31H38N6OS. The van der Waals surface area contributed by atoms with E-state index in [9.17, 15) is 0 Å². The molecule has 0 radical (unpaired) electrons. The summed E-state index contributed by atoms with van der Waals surface area (Å²) in [5.41, 5.74) is 4.29. The van der Waals surface area contributed by atoms with Crippen LogP contribution in [0.15, 0.2) is 60.7 Å². The predicted molar refractivity (Wildman–Crippen MR) is 162 cm³/mol. The maximum Gasteiger partial charge on any atom is 0.232 e. The van der Waals surface area contributed by atoms with Crippen molar-refractivity contribution in [1.29, 1.82) is 0 Å². The molecule has 0 unspecified atom stereocenters. The van der Waals surface area contributed by atoms with E-state index in [0.717, 1.165) is 50.8 Å². The van der Waals surface area contributed by atoms with Gasteiger partial charge in [0, 0.05) is 44.2 Å². The van der Waals surface area contributed by atoms with Crippen LogP contribution in [0.25, 0.3) is 0 Å². The number of morpholine rings is 1. The van der Waals surface area contributed by atoms with E-state index in [1.54, 1.807) is 0 Å². The van der Waals surface area contributed by atoms with Gasteiger partial charge in [0.2, 0.25) is 5.95 Å². The minimum atomic E-state index is 0.105. The van der Waals surface area contributed by atoms with E-state index < -0.39 is 0 Å². The quantitative estimate of drug-likeness (QED) is 0.419. The highest BCUT2D eigenvalue weighted by Crippen LogP contribution is 2.39. The monoisotopic (exact) mass is 542 g/mol. The van der Waals surface area contributed by atoms with Gasteiger partial charge < -0.3 is 25.2 Å². The number of nitrogens with zero attached hydrogens (tertiary/aromatic N) is 4. The summed E-state index contributed by atoms with van der Waals surface area (Å²) < 4.78 is 5.60. The lowest BCUT2D eigenvalue weighted by Gasteiger charge is -2.38. The third-order valence-electron chi connectivity index (χ3n) is 8.50. The zero-order valence-electron chi connectivity index (χ0n) is 22.6. The van der Waals surface area contributed by atoms with Crippen LogP contribution in [-0.2, 0) is 23.1 Å². The van der Waals surface area contributed by atoms with Crippen LogP contribution in [0.3, 0.4) is 0 Å². The molecule has 2 aliphatic heterocycles. The molecule has 0 spiro atoms. The SMILES string of the molecule is S=C(NCC1(c2ccccc2)CCCCC1)Nc1nc(N2CCOCC2)cc(N2CCc3ccccc3C2)n1. The number of hydrogen-bond acceptors (Lipinski definition) is 6. The predicted octanol–water partition coefficient (Wildman–Crippen LogP) is 5.06. The summed E-state index contributed by atoms with van der Waals surface area (Å²) >= 11 is 5.81. The second-order valence-electron chi connectivity index (χ2n) is 11.0. The highest BCUT2D eigenvalue weighted by molar-refractivity contribution is 7.80. The van der Waals surface area contributed by atoms with E-state index in [4.69, 9.17) is 26.9 Å². The molecule has 2 aromatic carbocycles. The molecule has 3 heterocycles. The smallest absolute Gasteiger partial charge is 0.232 e. The Morgan fingerprint density at radius 2 is 1.54 bits per heavy atom. The van der Waals surface area contributed by atoms with Gasteiger partial charge in [0.1, 0.15) is 11.6 Å². The molecular weight excluding hydrogens is 504 g/mol. The fraction of sp³-hybridized carbons (Fsp3) is 0.452. The first-order valence-corrected chi connectivity index (χ1v) is 14.7. The number of benzene rings is 2. The average molecular weight is 543 g/mol. The normalized spacial score (nSPS) is 18.8. The lowest BCUT2D eigenvalue weighted by molar-refractivity contribution is 0.122. The van der Waals surface area contributed by atoms with Gasteiger partial charge in [-0.15, -0.1) is 0 Å². The summed E-state index contributed by atoms with van der Waals surface area (Å²) in [6, 6.07) is 21.7. The van der Waals surface area contributed by atoms with Crippen molar-refractivity contribution >= 4 is 34.9 Å². The molecule has 3 aromatic rings. The van der Waals surface area contributed by atoms with Crippen LogP contribution < -0.4 is 20.4 Å². The number of fused-ring (bicyclic) bond motifs is 1. The second-order valence-corrected chi connectivity index (χ2v) is 11.4. The van der Waals surface area contributed by atoms with Crippen LogP contribution in [0.1, 0.15) is 48.8 Å². The third-order valence-corrected chi connectivity index (χ3v) is 8.74. The molecule has 0 amide bonds. The van der Waals surface area contributed by atoms with E-state index >= 15 is 0 Å². The topological polar surface area (TPSA) is 65.6 Å². The van der Waals surface area contributed by atoms with Crippen molar-refractivity contribution in [3.63, 3.8) is 0 Å². The lowest BCUT2D eigenvalue weighted by atomic mass is 9.69. The first-order valence-electron chi connectivity index (χ1n) is 14.3. The first-order chi connectivity index (χ1) is 19.2. The van der Waals surface area contributed by atoms with Gasteiger partial charge >= 0.3 is 0 Å². The molecule has 204 valence electrons. The molecule has 3 aliphatic rings. The number of thiocarbonyl (C=S) groups is 1. The number of hydrogen-bond donors (Lipinski definition) is 2. The summed E-state index contributed by atoms with van der Waals surface area (Å²) in [6.07, 6.45) is 7.18. The Labute approximate surface area is 237 Å². The van der Waals surface area contributed by atoms with Crippen molar-refractivity contribution in [1.82, 2.24) is 15.3 Å². The van der Waals surface area contributed by atoms with Crippen LogP contribution >= 0.6 is 12.2 Å². The van der Waals surface area contributed by atoms with Gasteiger partial charge in [-0.3, -0.25) is 0 Å². The Kier molecular flexibility index (Phi) is 7.93. The zero-order chi connectivity index (χ0) is 26.5. The molecule has 1 saturated heterocycles. The highest BCUT2D eigenvalue weighted by Gasteiger charge is 2.34. The molecule has 0 atom stereocenters. The maximum atomic E-state index is 5.81. The largest absolute Gasteiger partial charge is 0.378 e. The molecule has 7 nitrogen and oxygen atoms in total. The number of anilines is 3. The number of rotatable bonds is 6. The van der Waals surface area contributed by atoms with E-state index in [-0.39, 0.29) is 5.41 Å². The van der Waals surface area contributed by atoms with E-state index in [0.29, 0.717) is 24.3 Å². The van der Waals surface area contributed by atoms with Gasteiger partial charge in [-0.05, 0) is 48.2 Å². The minimum absolute atomic E-state index is 0.105. The Morgan fingerprint density at radius 1 is 0.846 bits per heavy atom. The summed E-state index contributed by atoms with van der Waals surface area (Å²) in [6.45, 7) is 5.64. The van der Waals surface area contributed by atoms with Crippen molar-refractivity contribution in [2.75, 3.05) is 54.5 Å². The van der Waals surface area contributed by atoms with Gasteiger partial charge in [-0.25, -0.2) is 0 Å². The molecule has 1 aromatic heterocycles. The molecule has 8 heteroatoms. The summed E-state index contributed by atoms with van der Waals surface area (Å²) in [7, 11) is 0. The average Bonchev–Trinajstić information content (AvgIpc) is 3.01. The Hall–Kier alpha value is -3.23. The summed E-state index contributed by atoms with van der Waals surface area (Å²) in [5.74, 6) is 2.39. The molecule has 2 fully saturated rings. The Bertz CT molecular complexity index is 1270. The van der Waals surface area contributed by atoms with Crippen LogP contribution in [0.5, 0.6) is 0 Å². The molecule has 0 bridgehead atoms. The number of aromatic nitrogens is 2. The van der Waals surface area contributed by atoms with Crippen molar-refractivity contribution in [2.45, 2.75) is 50.5 Å². The Morgan fingerprint density at radius 3 is 2.31 bits per heavy atom. The van der Waals surface area contributed by atoms with Crippen LogP contribution in [-0.4, -0.2) is 54.5 Å². The van der Waals surface area contributed by atoms with Gasteiger partial charge in [0.05, 0.1) is 13.2 Å². The van der Waals surface area contributed by atoms with Crippen molar-refractivity contribution < 1.29 is 4.74 Å². The first kappa shape index (κ1) is 26.0. The lowest BCUT2D eigenvalue weighted by Crippen LogP contribution is -2.43. The van der Waals surface area contributed by atoms with Crippen LogP contribution in [0.2, 0.25) is 0 Å². The molecule has 1 saturated carbocycles. The van der Waals surface area contributed by atoms with Crippen molar-refractivity contribution in [3.8, 4) is 0 Å². The van der Waals surface area contributed by atoms with Crippen LogP contribution in [0.4, 0.5) is 17.6 Å². The van der Waals surface area contributed by atoms with Crippen molar-refractivity contribution in [3.05, 3.63) is 77.4 Å². The number of ether oxygens (including phenoxy) is 1. The molecule has 6 rings (SSSR count). The zero-order valence-corrected chi connectivity index (χ0v) is 23.4. The second kappa shape index (κ2) is 11.9. The molecule has 39 heavy (non-hydrogen) atoms.